The summed E-state index contributed by atoms with van der Waals surface area (Å²) in [5.41, 5.74) is 0.287. The van der Waals surface area contributed by atoms with E-state index >= 15 is 0 Å². The fourth-order valence-electron chi connectivity index (χ4n) is 2.03. The van der Waals surface area contributed by atoms with Crippen molar-refractivity contribution in [3.05, 3.63) is 41.7 Å². The van der Waals surface area contributed by atoms with Crippen molar-refractivity contribution in [1.82, 2.24) is 10.5 Å². The van der Waals surface area contributed by atoms with Crippen LogP contribution in [-0.4, -0.2) is 42.7 Å². The quantitative estimate of drug-likeness (QED) is 0.713. The third-order valence-corrected chi connectivity index (χ3v) is 3.30. The standard InChI is InChI=1S/C17H19N3O6/c1-10-8-14(20-26-10)19-16(22)11(2)25-15(21)9-18-17(23)12-6-4-5-7-13(12)24-3/h4-8,11H,9H2,1-3H3,(H,18,23)(H,19,20,22)/t11-/m1/s1. The van der Waals surface area contributed by atoms with Crippen molar-refractivity contribution in [3.63, 3.8) is 0 Å². The number of nitrogens with zero attached hydrogens (tertiary/aromatic N) is 1. The van der Waals surface area contributed by atoms with Gasteiger partial charge in [0.2, 0.25) is 0 Å². The van der Waals surface area contributed by atoms with Crippen molar-refractivity contribution in [2.45, 2.75) is 20.0 Å². The van der Waals surface area contributed by atoms with Gasteiger partial charge in [-0.15, -0.1) is 0 Å². The van der Waals surface area contributed by atoms with Gasteiger partial charge < -0.3 is 24.6 Å². The molecule has 2 amide bonds. The average Bonchev–Trinajstić information content (AvgIpc) is 3.04. The number of methoxy groups -OCH3 is 1. The minimum atomic E-state index is -1.07. The Morgan fingerprint density at radius 3 is 2.65 bits per heavy atom. The molecule has 138 valence electrons. The Balaban J connectivity index is 1.82. The van der Waals surface area contributed by atoms with E-state index in [0.717, 1.165) is 0 Å². The number of nitrogens with one attached hydrogen (secondary N) is 2. The molecule has 0 bridgehead atoms. The maximum absolute atomic E-state index is 12.1. The molecule has 0 radical (unpaired) electrons. The molecule has 2 N–H and O–H groups in total. The Labute approximate surface area is 149 Å². The van der Waals surface area contributed by atoms with Gasteiger partial charge in [0.05, 0.1) is 12.7 Å². The Morgan fingerprint density at radius 1 is 1.27 bits per heavy atom. The molecule has 0 aliphatic carbocycles. The molecule has 1 aromatic heterocycles. The molecule has 0 saturated carbocycles. The molecule has 0 aliphatic rings. The number of benzene rings is 1. The molecule has 9 heteroatoms. The summed E-state index contributed by atoms with van der Waals surface area (Å²) in [6.45, 7) is 2.69. The Hall–Kier alpha value is -3.36. The van der Waals surface area contributed by atoms with Crippen molar-refractivity contribution in [1.29, 1.82) is 0 Å². The normalized spacial score (nSPS) is 11.3. The number of hydrogen-bond acceptors (Lipinski definition) is 7. The second-order valence-corrected chi connectivity index (χ2v) is 5.33. The molecule has 0 saturated heterocycles. The highest BCUT2D eigenvalue weighted by Gasteiger charge is 2.20. The summed E-state index contributed by atoms with van der Waals surface area (Å²) >= 11 is 0. The van der Waals surface area contributed by atoms with Crippen LogP contribution >= 0.6 is 0 Å². The van der Waals surface area contributed by atoms with Gasteiger partial charge in [0.25, 0.3) is 11.8 Å². The lowest BCUT2D eigenvalue weighted by atomic mass is 10.2. The molecule has 0 spiro atoms. The van der Waals surface area contributed by atoms with Gasteiger partial charge >= 0.3 is 5.97 Å². The van der Waals surface area contributed by atoms with E-state index in [0.29, 0.717) is 11.5 Å². The third kappa shape index (κ3) is 5.07. The number of aryl methyl sites for hydroxylation is 1. The predicted molar refractivity (Wildman–Crippen MR) is 90.8 cm³/mol. The first-order chi connectivity index (χ1) is 12.4. The van der Waals surface area contributed by atoms with Crippen LogP contribution in [0.4, 0.5) is 5.82 Å². The van der Waals surface area contributed by atoms with Gasteiger partial charge in [0.1, 0.15) is 18.1 Å². The van der Waals surface area contributed by atoms with Crippen molar-refractivity contribution in [3.8, 4) is 5.75 Å². The zero-order valence-electron chi connectivity index (χ0n) is 14.6. The summed E-state index contributed by atoms with van der Waals surface area (Å²) in [7, 11) is 1.44. The number of esters is 1. The van der Waals surface area contributed by atoms with Crippen LogP contribution in [0.3, 0.4) is 0 Å². The van der Waals surface area contributed by atoms with E-state index < -0.39 is 30.4 Å². The van der Waals surface area contributed by atoms with E-state index in [4.69, 9.17) is 14.0 Å². The summed E-state index contributed by atoms with van der Waals surface area (Å²) in [6, 6.07) is 8.12. The number of carbonyl (C=O) groups excluding carboxylic acids is 3. The van der Waals surface area contributed by atoms with Crippen LogP contribution in [0.25, 0.3) is 0 Å². The van der Waals surface area contributed by atoms with E-state index in [1.54, 1.807) is 31.2 Å². The van der Waals surface area contributed by atoms with Crippen LogP contribution in [0.5, 0.6) is 5.75 Å². The number of para-hydroxylation sites is 1. The van der Waals surface area contributed by atoms with Gasteiger partial charge in [-0.25, -0.2) is 0 Å². The number of carbonyl (C=O) groups is 3. The van der Waals surface area contributed by atoms with Gasteiger partial charge in [-0.2, -0.15) is 0 Å². The molecule has 9 nitrogen and oxygen atoms in total. The molecule has 1 atom stereocenters. The van der Waals surface area contributed by atoms with Crippen molar-refractivity contribution in [2.75, 3.05) is 19.0 Å². The SMILES string of the molecule is COc1ccccc1C(=O)NCC(=O)O[C@H](C)C(=O)Nc1cc(C)on1. The summed E-state index contributed by atoms with van der Waals surface area (Å²) in [6.07, 6.45) is -1.07. The van der Waals surface area contributed by atoms with E-state index in [1.807, 2.05) is 0 Å². The number of rotatable bonds is 7. The van der Waals surface area contributed by atoms with Crippen LogP contribution in [0, 0.1) is 6.92 Å². The third-order valence-electron chi connectivity index (χ3n) is 3.30. The minimum absolute atomic E-state index is 0.222. The number of anilines is 1. The largest absolute Gasteiger partial charge is 0.496 e. The van der Waals surface area contributed by atoms with E-state index in [9.17, 15) is 14.4 Å². The van der Waals surface area contributed by atoms with Crippen LogP contribution < -0.4 is 15.4 Å². The van der Waals surface area contributed by atoms with Gasteiger partial charge in [-0.3, -0.25) is 14.4 Å². The summed E-state index contributed by atoms with van der Waals surface area (Å²) in [5.74, 6) is -0.678. The van der Waals surface area contributed by atoms with Gasteiger partial charge in [0, 0.05) is 6.07 Å². The molecule has 0 unspecified atom stereocenters. The zero-order chi connectivity index (χ0) is 19.1. The zero-order valence-corrected chi connectivity index (χ0v) is 14.6. The van der Waals surface area contributed by atoms with Gasteiger partial charge in [0.15, 0.2) is 11.9 Å². The fraction of sp³-hybridized carbons (Fsp3) is 0.294. The average molecular weight is 361 g/mol. The lowest BCUT2D eigenvalue weighted by Gasteiger charge is -2.13. The van der Waals surface area contributed by atoms with Gasteiger partial charge in [-0.1, -0.05) is 17.3 Å². The smallest absolute Gasteiger partial charge is 0.326 e. The van der Waals surface area contributed by atoms with Crippen LogP contribution in [0.2, 0.25) is 0 Å². The second-order valence-electron chi connectivity index (χ2n) is 5.33. The Morgan fingerprint density at radius 2 is 2.00 bits per heavy atom. The first-order valence-corrected chi connectivity index (χ1v) is 7.75. The number of amides is 2. The fourth-order valence-corrected chi connectivity index (χ4v) is 2.03. The highest BCUT2D eigenvalue weighted by Crippen LogP contribution is 2.16. The molecule has 0 aliphatic heterocycles. The van der Waals surface area contributed by atoms with Crippen LogP contribution in [0.15, 0.2) is 34.9 Å². The molecule has 1 aromatic carbocycles. The first-order valence-electron chi connectivity index (χ1n) is 7.75. The topological polar surface area (TPSA) is 120 Å². The number of aromatic nitrogens is 1. The van der Waals surface area contributed by atoms with E-state index in [-0.39, 0.29) is 11.4 Å². The van der Waals surface area contributed by atoms with Crippen molar-refractivity contribution < 1.29 is 28.4 Å². The molecule has 26 heavy (non-hydrogen) atoms. The van der Waals surface area contributed by atoms with E-state index in [2.05, 4.69) is 15.8 Å². The molecular formula is C17H19N3O6. The summed E-state index contributed by atoms with van der Waals surface area (Å²) < 4.78 is 14.9. The summed E-state index contributed by atoms with van der Waals surface area (Å²) in [5, 5.41) is 8.48. The first kappa shape index (κ1) is 19.0. The lowest BCUT2D eigenvalue weighted by molar-refractivity contribution is -0.152. The maximum atomic E-state index is 12.1. The maximum Gasteiger partial charge on any atom is 0.326 e. The molecule has 2 aromatic rings. The molecule has 2 rings (SSSR count). The van der Waals surface area contributed by atoms with Gasteiger partial charge in [-0.05, 0) is 26.0 Å². The van der Waals surface area contributed by atoms with Crippen LogP contribution in [-0.2, 0) is 14.3 Å². The minimum Gasteiger partial charge on any atom is -0.496 e. The second kappa shape index (κ2) is 8.65. The Bertz CT molecular complexity index is 801. The highest BCUT2D eigenvalue weighted by molar-refractivity contribution is 5.99. The van der Waals surface area contributed by atoms with E-state index in [1.165, 1.54) is 20.1 Å². The molecule has 0 fully saturated rings. The highest BCUT2D eigenvalue weighted by atomic mass is 16.5. The Kier molecular flexibility index (Phi) is 6.31. The van der Waals surface area contributed by atoms with Crippen LogP contribution in [0.1, 0.15) is 23.0 Å². The predicted octanol–water partition coefficient (Wildman–Crippen LogP) is 1.29. The monoisotopic (exact) mass is 361 g/mol. The van der Waals surface area contributed by atoms with Crippen molar-refractivity contribution >= 4 is 23.6 Å². The number of ether oxygens (including phenoxy) is 2. The lowest BCUT2D eigenvalue weighted by Crippen LogP contribution is -2.36. The molecule has 1 heterocycles. The summed E-state index contributed by atoms with van der Waals surface area (Å²) in [4.78, 5) is 35.8. The molecular weight excluding hydrogens is 342 g/mol. The number of hydrogen-bond donors (Lipinski definition) is 2. The van der Waals surface area contributed by atoms with Crippen molar-refractivity contribution in [2.24, 2.45) is 0 Å².